The summed E-state index contributed by atoms with van der Waals surface area (Å²) in [5.74, 6) is -0.669. The number of likely N-dealkylation sites (tertiary alicyclic amines) is 1. The summed E-state index contributed by atoms with van der Waals surface area (Å²) in [6.07, 6.45) is 0.741. The number of hydrogen-bond acceptors (Lipinski definition) is 6. The van der Waals surface area contributed by atoms with Gasteiger partial charge in [0.25, 0.3) is 11.7 Å². The van der Waals surface area contributed by atoms with Gasteiger partial charge in [-0.15, -0.1) is 11.3 Å². The molecule has 1 saturated heterocycles. The average molecular weight is 415 g/mol. The van der Waals surface area contributed by atoms with Crippen molar-refractivity contribution < 1.29 is 19.4 Å². The molecule has 2 aromatic rings. The van der Waals surface area contributed by atoms with Crippen molar-refractivity contribution in [1.29, 1.82) is 0 Å². The van der Waals surface area contributed by atoms with Crippen molar-refractivity contribution in [2.24, 2.45) is 0 Å². The number of ether oxygens (including phenoxy) is 1. The maximum atomic E-state index is 12.9. The van der Waals surface area contributed by atoms with Crippen molar-refractivity contribution in [1.82, 2.24) is 9.80 Å². The van der Waals surface area contributed by atoms with Gasteiger partial charge >= 0.3 is 0 Å². The summed E-state index contributed by atoms with van der Waals surface area (Å²) in [4.78, 5) is 30.1. The molecule has 154 valence electrons. The van der Waals surface area contributed by atoms with Crippen molar-refractivity contribution in [3.63, 3.8) is 0 Å². The van der Waals surface area contributed by atoms with Crippen LogP contribution in [0.2, 0.25) is 0 Å². The lowest BCUT2D eigenvalue weighted by atomic mass is 10.00. The van der Waals surface area contributed by atoms with E-state index in [0.717, 1.165) is 17.8 Å². The topological polar surface area (TPSA) is 70.1 Å². The minimum absolute atomic E-state index is 0.145. The fraction of sp³-hybridized carbons (Fsp3) is 0.364. The maximum Gasteiger partial charge on any atom is 0.295 e. The van der Waals surface area contributed by atoms with Crippen LogP contribution < -0.4 is 4.74 Å². The summed E-state index contributed by atoms with van der Waals surface area (Å²) < 4.78 is 5.44. The quantitative estimate of drug-likeness (QED) is 0.407. The van der Waals surface area contributed by atoms with E-state index in [4.69, 9.17) is 4.74 Å². The molecular formula is C22H26N2O4S. The molecule has 0 bridgehead atoms. The van der Waals surface area contributed by atoms with E-state index < -0.39 is 17.7 Å². The molecule has 1 amide bonds. The first-order chi connectivity index (χ1) is 13.9. The number of Topliss-reactive ketones (excluding diaryl/α,β-unsaturated/α-hetero) is 1. The standard InChI is InChI=1S/C22H26N2O4S/c1-4-28-16-10-8-15(9-11-16)20(25)18-19(17-7-5-14-29-17)24(22(27)21(18)26)13-6-12-23(2)3/h5,7-11,14,19,25H,4,6,12-13H2,1-3H3/b20-18-. The number of carbonyl (C=O) groups is 2. The van der Waals surface area contributed by atoms with Crippen molar-refractivity contribution in [2.45, 2.75) is 19.4 Å². The molecule has 1 fully saturated rings. The summed E-state index contributed by atoms with van der Waals surface area (Å²) in [5, 5.41) is 12.9. The van der Waals surface area contributed by atoms with Crippen LogP contribution in [-0.4, -0.2) is 60.4 Å². The Labute approximate surface area is 175 Å². The van der Waals surface area contributed by atoms with Gasteiger partial charge in [-0.25, -0.2) is 0 Å². The fourth-order valence-electron chi connectivity index (χ4n) is 3.44. The molecule has 6 nitrogen and oxygen atoms in total. The van der Waals surface area contributed by atoms with Crippen LogP contribution in [0.1, 0.15) is 29.8 Å². The first kappa shape index (κ1) is 21.1. The molecular weight excluding hydrogens is 388 g/mol. The number of thiophene rings is 1. The fourth-order valence-corrected chi connectivity index (χ4v) is 4.29. The minimum atomic E-state index is -0.639. The smallest absolute Gasteiger partial charge is 0.295 e. The zero-order valence-electron chi connectivity index (χ0n) is 16.9. The van der Waals surface area contributed by atoms with Crippen LogP contribution in [0.3, 0.4) is 0 Å². The van der Waals surface area contributed by atoms with Crippen LogP contribution in [0.5, 0.6) is 5.75 Å². The number of carbonyl (C=O) groups excluding carboxylic acids is 2. The third-order valence-electron chi connectivity index (χ3n) is 4.80. The molecule has 1 aliphatic heterocycles. The number of aliphatic hydroxyl groups excluding tert-OH is 1. The Balaban J connectivity index is 1.99. The normalized spacial score (nSPS) is 18.6. The molecule has 29 heavy (non-hydrogen) atoms. The highest BCUT2D eigenvalue weighted by Crippen LogP contribution is 2.41. The first-order valence-corrected chi connectivity index (χ1v) is 10.5. The van der Waals surface area contributed by atoms with Crippen LogP contribution in [0.25, 0.3) is 5.76 Å². The number of amides is 1. The van der Waals surface area contributed by atoms with Crippen LogP contribution in [0.15, 0.2) is 47.4 Å². The second kappa shape index (κ2) is 9.24. The lowest BCUT2D eigenvalue weighted by Crippen LogP contribution is -2.32. The summed E-state index contributed by atoms with van der Waals surface area (Å²) in [6, 6.07) is 10.1. The highest BCUT2D eigenvalue weighted by molar-refractivity contribution is 7.10. The van der Waals surface area contributed by atoms with Gasteiger partial charge in [-0.3, -0.25) is 9.59 Å². The van der Waals surface area contributed by atoms with E-state index in [1.54, 1.807) is 29.2 Å². The van der Waals surface area contributed by atoms with Gasteiger partial charge in [0.15, 0.2) is 0 Å². The van der Waals surface area contributed by atoms with Crippen LogP contribution in [0.4, 0.5) is 0 Å². The summed E-state index contributed by atoms with van der Waals surface area (Å²) >= 11 is 1.47. The number of ketones is 1. The molecule has 2 heterocycles. The second-order valence-electron chi connectivity index (χ2n) is 7.12. The van der Waals surface area contributed by atoms with E-state index in [2.05, 4.69) is 0 Å². The Morgan fingerprint density at radius 3 is 2.52 bits per heavy atom. The summed E-state index contributed by atoms with van der Waals surface area (Å²) in [5.41, 5.74) is 0.632. The molecule has 1 atom stereocenters. The lowest BCUT2D eigenvalue weighted by Gasteiger charge is -2.24. The molecule has 0 spiro atoms. The predicted molar refractivity (Wildman–Crippen MR) is 114 cm³/mol. The number of aliphatic hydroxyl groups is 1. The van der Waals surface area contributed by atoms with E-state index in [1.165, 1.54) is 11.3 Å². The molecule has 0 aliphatic carbocycles. The SMILES string of the molecule is CCOc1ccc(/C(O)=C2/C(=O)C(=O)N(CCCN(C)C)C2c2cccs2)cc1. The molecule has 3 rings (SSSR count). The largest absolute Gasteiger partial charge is 0.507 e. The molecule has 1 aromatic carbocycles. The molecule has 0 saturated carbocycles. The number of hydrogen-bond donors (Lipinski definition) is 1. The van der Waals surface area contributed by atoms with Gasteiger partial charge in [0.1, 0.15) is 11.5 Å². The van der Waals surface area contributed by atoms with Gasteiger partial charge in [0.2, 0.25) is 0 Å². The van der Waals surface area contributed by atoms with Crippen LogP contribution in [-0.2, 0) is 9.59 Å². The Morgan fingerprint density at radius 1 is 1.21 bits per heavy atom. The number of rotatable bonds is 8. The highest BCUT2D eigenvalue weighted by Gasteiger charge is 2.46. The third kappa shape index (κ3) is 4.52. The molecule has 7 heteroatoms. The van der Waals surface area contributed by atoms with E-state index in [1.807, 2.05) is 43.4 Å². The second-order valence-corrected chi connectivity index (χ2v) is 8.10. The van der Waals surface area contributed by atoms with Crippen LogP contribution >= 0.6 is 11.3 Å². The maximum absolute atomic E-state index is 12.9. The van der Waals surface area contributed by atoms with Gasteiger partial charge in [-0.1, -0.05) is 6.07 Å². The predicted octanol–water partition coefficient (Wildman–Crippen LogP) is 3.52. The van der Waals surface area contributed by atoms with Gasteiger partial charge in [0.05, 0.1) is 18.2 Å². The third-order valence-corrected chi connectivity index (χ3v) is 5.72. The van der Waals surface area contributed by atoms with E-state index >= 15 is 0 Å². The van der Waals surface area contributed by atoms with Crippen molar-refractivity contribution in [3.8, 4) is 5.75 Å². The molecule has 1 N–H and O–H groups in total. The van der Waals surface area contributed by atoms with Gasteiger partial charge in [0, 0.05) is 17.0 Å². The molecule has 1 aliphatic rings. The summed E-state index contributed by atoms with van der Waals surface area (Å²) in [7, 11) is 3.94. The van der Waals surface area contributed by atoms with Crippen molar-refractivity contribution in [2.75, 3.05) is 33.8 Å². The van der Waals surface area contributed by atoms with E-state index in [0.29, 0.717) is 24.5 Å². The molecule has 1 aromatic heterocycles. The van der Waals surface area contributed by atoms with Gasteiger partial charge in [-0.2, -0.15) is 0 Å². The van der Waals surface area contributed by atoms with Crippen molar-refractivity contribution in [3.05, 3.63) is 57.8 Å². The van der Waals surface area contributed by atoms with Crippen molar-refractivity contribution >= 4 is 28.8 Å². The molecule has 0 radical (unpaired) electrons. The number of nitrogens with zero attached hydrogens (tertiary/aromatic N) is 2. The average Bonchev–Trinajstić information content (AvgIpc) is 3.30. The van der Waals surface area contributed by atoms with Crippen LogP contribution in [0, 0.1) is 0 Å². The Morgan fingerprint density at radius 2 is 1.93 bits per heavy atom. The zero-order valence-corrected chi connectivity index (χ0v) is 17.7. The van der Waals surface area contributed by atoms with E-state index in [-0.39, 0.29) is 11.3 Å². The minimum Gasteiger partial charge on any atom is -0.507 e. The van der Waals surface area contributed by atoms with Gasteiger partial charge < -0.3 is 19.6 Å². The Hall–Kier alpha value is -2.64. The Bertz CT molecular complexity index is 888. The highest BCUT2D eigenvalue weighted by atomic mass is 32.1. The number of benzene rings is 1. The van der Waals surface area contributed by atoms with E-state index in [9.17, 15) is 14.7 Å². The molecule has 1 unspecified atom stereocenters. The van der Waals surface area contributed by atoms with Gasteiger partial charge in [-0.05, 0) is 69.7 Å². The summed E-state index contributed by atoms with van der Waals surface area (Å²) in [6.45, 7) is 3.69. The first-order valence-electron chi connectivity index (χ1n) is 9.63. The lowest BCUT2D eigenvalue weighted by molar-refractivity contribution is -0.139. The monoisotopic (exact) mass is 414 g/mol. The Kier molecular flexibility index (Phi) is 6.71. The zero-order chi connectivity index (χ0) is 21.0.